The van der Waals surface area contributed by atoms with Gasteiger partial charge in [0.2, 0.25) is 0 Å². The van der Waals surface area contributed by atoms with Crippen LogP contribution in [0.5, 0.6) is 0 Å². The molecule has 228 valence electrons. The lowest BCUT2D eigenvalue weighted by molar-refractivity contribution is -0.384. The van der Waals surface area contributed by atoms with Gasteiger partial charge in [0.15, 0.2) is 0 Å². The molecule has 0 spiro atoms. The predicted molar refractivity (Wildman–Crippen MR) is 166 cm³/mol. The summed E-state index contributed by atoms with van der Waals surface area (Å²) in [6.07, 6.45) is 8.25. The van der Waals surface area contributed by atoms with Gasteiger partial charge in [-0.1, -0.05) is 48.6 Å². The Bertz CT molecular complexity index is 1560. The van der Waals surface area contributed by atoms with E-state index in [1.54, 1.807) is 39.2 Å². The Morgan fingerprint density at radius 2 is 1.70 bits per heavy atom. The zero-order valence-electron chi connectivity index (χ0n) is 25.0. The van der Waals surface area contributed by atoms with Crippen LogP contribution in [0.25, 0.3) is 6.08 Å². The van der Waals surface area contributed by atoms with Crippen LogP contribution in [-0.2, 0) is 30.2 Å². The summed E-state index contributed by atoms with van der Waals surface area (Å²) in [5, 5.41) is 11.5. The van der Waals surface area contributed by atoms with Gasteiger partial charge in [0.25, 0.3) is 5.69 Å². The molecule has 2 unspecified atom stereocenters. The number of allylic oxidation sites excluding steroid dienone is 1. The lowest BCUT2D eigenvalue weighted by Crippen LogP contribution is -2.36. The first-order valence-electron chi connectivity index (χ1n) is 14.3. The number of nitrogens with zero attached hydrogens (tertiary/aromatic N) is 3. The molecule has 0 bridgehead atoms. The van der Waals surface area contributed by atoms with Crippen molar-refractivity contribution in [2.45, 2.75) is 33.1 Å². The molecule has 0 aliphatic carbocycles. The smallest absolute Gasteiger partial charge is 0.336 e. The first kappa shape index (κ1) is 32.0. The zero-order chi connectivity index (χ0) is 31.5. The van der Waals surface area contributed by atoms with E-state index >= 15 is 0 Å². The molecule has 1 aliphatic rings. The maximum Gasteiger partial charge on any atom is 0.336 e. The Balaban J connectivity index is 1.35. The number of benzene rings is 2. The first-order chi connectivity index (χ1) is 21.3. The second-order valence-corrected chi connectivity index (χ2v) is 10.2. The maximum absolute atomic E-state index is 13.4. The van der Waals surface area contributed by atoms with Crippen LogP contribution < -0.4 is 0 Å². The molecule has 44 heavy (non-hydrogen) atoms. The molecule has 2 aromatic carbocycles. The van der Waals surface area contributed by atoms with E-state index in [0.29, 0.717) is 23.6 Å². The van der Waals surface area contributed by atoms with Gasteiger partial charge >= 0.3 is 11.9 Å². The van der Waals surface area contributed by atoms with E-state index in [4.69, 9.17) is 14.2 Å². The van der Waals surface area contributed by atoms with Crippen LogP contribution in [0.2, 0.25) is 0 Å². The summed E-state index contributed by atoms with van der Waals surface area (Å²) in [6, 6.07) is 18.1. The Hall–Kier alpha value is -4.96. The minimum Gasteiger partial charge on any atom is -0.465 e. The topological polar surface area (TPSA) is 130 Å². The number of nitro benzene ring substituents is 1. The molecule has 4 rings (SSSR count). The number of nitro groups is 1. The van der Waals surface area contributed by atoms with Crippen molar-refractivity contribution < 1.29 is 28.7 Å². The first-order valence-corrected chi connectivity index (χ1v) is 14.3. The van der Waals surface area contributed by atoms with Gasteiger partial charge in [0.05, 0.1) is 30.3 Å². The molecular weight excluding hydrogens is 562 g/mol. The molecule has 0 amide bonds. The van der Waals surface area contributed by atoms with Crippen molar-refractivity contribution in [2.24, 2.45) is 10.9 Å². The average Bonchev–Trinajstić information content (AvgIpc) is 3.01. The van der Waals surface area contributed by atoms with Crippen LogP contribution in [0.1, 0.15) is 48.9 Å². The summed E-state index contributed by atoms with van der Waals surface area (Å²) in [7, 11) is 0. The van der Waals surface area contributed by atoms with Crippen molar-refractivity contribution in [3.05, 3.63) is 123 Å². The number of esters is 2. The third-order valence-electron chi connectivity index (χ3n) is 7.15. The minimum atomic E-state index is -0.936. The Morgan fingerprint density at radius 1 is 0.977 bits per heavy atom. The molecule has 10 heteroatoms. The monoisotopic (exact) mass is 597 g/mol. The SMILES string of the molecule is CCOC(=O)C1C(C)=NC(C)=C(C(=O)OCCOCC=Cc2ccc(Cc3ccncc3)cc2)C1c1cccc([N+](=O)[O-])c1. The summed E-state index contributed by atoms with van der Waals surface area (Å²) in [5.41, 5.74) is 4.69. The van der Waals surface area contributed by atoms with E-state index in [-0.39, 0.29) is 31.1 Å². The van der Waals surface area contributed by atoms with Gasteiger partial charge in [0.1, 0.15) is 12.5 Å². The molecule has 0 saturated carbocycles. The van der Waals surface area contributed by atoms with Crippen molar-refractivity contribution >= 4 is 29.4 Å². The summed E-state index contributed by atoms with van der Waals surface area (Å²) >= 11 is 0. The van der Waals surface area contributed by atoms with Gasteiger partial charge in [-0.25, -0.2) is 4.79 Å². The predicted octanol–water partition coefficient (Wildman–Crippen LogP) is 5.87. The Labute approximate surface area is 256 Å². The fourth-order valence-electron chi connectivity index (χ4n) is 5.12. The lowest BCUT2D eigenvalue weighted by atomic mass is 9.75. The normalized spacial score (nSPS) is 16.5. The number of carbonyl (C=O) groups excluding carboxylic acids is 2. The Morgan fingerprint density at radius 3 is 2.41 bits per heavy atom. The molecule has 10 nitrogen and oxygen atoms in total. The van der Waals surface area contributed by atoms with Crippen LogP contribution in [0.3, 0.4) is 0 Å². The second-order valence-electron chi connectivity index (χ2n) is 10.2. The van der Waals surface area contributed by atoms with Gasteiger partial charge in [-0.2, -0.15) is 0 Å². The lowest BCUT2D eigenvalue weighted by Gasteiger charge is -2.31. The van der Waals surface area contributed by atoms with E-state index in [2.05, 4.69) is 22.1 Å². The number of pyridine rings is 1. The molecule has 0 saturated heterocycles. The van der Waals surface area contributed by atoms with Crippen molar-refractivity contribution in [2.75, 3.05) is 26.4 Å². The molecule has 1 aliphatic heterocycles. The third kappa shape index (κ3) is 8.32. The second kappa shape index (κ2) is 15.5. The van der Waals surface area contributed by atoms with Crippen molar-refractivity contribution in [3.8, 4) is 0 Å². The van der Waals surface area contributed by atoms with Gasteiger partial charge in [-0.3, -0.25) is 24.9 Å². The molecule has 3 aromatic rings. The van der Waals surface area contributed by atoms with Crippen LogP contribution >= 0.6 is 0 Å². The van der Waals surface area contributed by atoms with Gasteiger partial charge in [-0.05, 0) is 61.6 Å². The fraction of sp³-hybridized carbons (Fsp3) is 0.294. The largest absolute Gasteiger partial charge is 0.465 e. The highest BCUT2D eigenvalue weighted by Crippen LogP contribution is 2.41. The van der Waals surface area contributed by atoms with E-state index in [1.807, 2.05) is 36.4 Å². The highest BCUT2D eigenvalue weighted by Gasteiger charge is 2.42. The number of hydrogen-bond acceptors (Lipinski definition) is 9. The minimum absolute atomic E-state index is 0.0262. The molecule has 1 aromatic heterocycles. The van der Waals surface area contributed by atoms with E-state index < -0.39 is 28.7 Å². The zero-order valence-corrected chi connectivity index (χ0v) is 25.0. The quantitative estimate of drug-likeness (QED) is 0.104. The van der Waals surface area contributed by atoms with Crippen LogP contribution in [0.4, 0.5) is 5.69 Å². The molecule has 0 fully saturated rings. The molecule has 2 atom stereocenters. The molecule has 0 N–H and O–H groups in total. The van der Waals surface area contributed by atoms with E-state index in [1.165, 1.54) is 29.3 Å². The molecular formula is C34H35N3O7. The number of hydrogen-bond donors (Lipinski definition) is 0. The summed E-state index contributed by atoms with van der Waals surface area (Å²) in [6.45, 7) is 5.59. The van der Waals surface area contributed by atoms with Gasteiger partial charge in [0, 0.05) is 41.9 Å². The van der Waals surface area contributed by atoms with E-state index in [9.17, 15) is 19.7 Å². The average molecular weight is 598 g/mol. The number of aliphatic imine (C=N–C) groups is 1. The van der Waals surface area contributed by atoms with Crippen LogP contribution in [0, 0.1) is 16.0 Å². The van der Waals surface area contributed by atoms with E-state index in [0.717, 1.165) is 12.0 Å². The number of aromatic nitrogens is 1. The highest BCUT2D eigenvalue weighted by molar-refractivity contribution is 6.07. The molecule has 2 heterocycles. The number of carbonyl (C=O) groups is 2. The Kier molecular flexibility index (Phi) is 11.3. The number of non-ortho nitro benzene ring substituents is 1. The van der Waals surface area contributed by atoms with Crippen LogP contribution in [0.15, 0.2) is 95.4 Å². The van der Waals surface area contributed by atoms with Crippen molar-refractivity contribution in [1.82, 2.24) is 4.98 Å². The fourth-order valence-corrected chi connectivity index (χ4v) is 5.12. The summed E-state index contributed by atoms with van der Waals surface area (Å²) in [4.78, 5) is 45.8. The van der Waals surface area contributed by atoms with Gasteiger partial charge < -0.3 is 14.2 Å². The number of rotatable bonds is 13. The third-order valence-corrected chi connectivity index (χ3v) is 7.15. The standard InChI is InChI=1S/C34H35N3O7/c1-4-43-33(38)30-23(2)36-24(3)31(32(30)28-8-5-9-29(22-28)37(40)41)34(39)44-20-19-42-18-6-7-25-10-12-26(13-11-25)21-27-14-16-35-17-15-27/h5-17,22,30,32H,4,18-21H2,1-3H3. The van der Waals surface area contributed by atoms with Gasteiger partial charge in [-0.15, -0.1) is 0 Å². The maximum atomic E-state index is 13.4. The van der Waals surface area contributed by atoms with Crippen molar-refractivity contribution in [1.29, 1.82) is 0 Å². The van der Waals surface area contributed by atoms with Crippen molar-refractivity contribution in [3.63, 3.8) is 0 Å². The summed E-state index contributed by atoms with van der Waals surface area (Å²) < 4.78 is 16.4. The highest BCUT2D eigenvalue weighted by atomic mass is 16.6. The summed E-state index contributed by atoms with van der Waals surface area (Å²) in [5.74, 6) is -3.04. The molecule has 0 radical (unpaired) electrons. The number of ether oxygens (including phenoxy) is 3. The van der Waals surface area contributed by atoms with Crippen LogP contribution in [-0.4, -0.2) is 54.0 Å².